The highest BCUT2D eigenvalue weighted by Crippen LogP contribution is 2.36. The molecule has 3 N–H and O–H groups in total. The van der Waals surface area contributed by atoms with Crippen molar-refractivity contribution in [2.75, 3.05) is 5.32 Å². The maximum Gasteiger partial charge on any atom is 0.435 e. The van der Waals surface area contributed by atoms with Gasteiger partial charge in [0.1, 0.15) is 11.2 Å². The van der Waals surface area contributed by atoms with Crippen molar-refractivity contribution in [1.82, 2.24) is 15.1 Å². The number of carbonyl (C=O) groups excluding carboxylic acids is 2. The average Bonchev–Trinajstić information content (AvgIpc) is 3.16. The zero-order chi connectivity index (χ0) is 25.3. The number of rotatable bonds is 6. The SMILES string of the molecule is Cn1nc(C(F)(F)F)cc1C(=O)Nc1ccc([C@H]2CC[C@@H](C(=O)NC(C)(C)C(=O)O)CC2)cc1. The Labute approximate surface area is 194 Å². The van der Waals surface area contributed by atoms with Gasteiger partial charge in [0.25, 0.3) is 5.91 Å². The molecule has 1 fully saturated rings. The molecule has 1 aromatic carbocycles. The summed E-state index contributed by atoms with van der Waals surface area (Å²) in [5.41, 5.74) is -1.20. The van der Waals surface area contributed by atoms with Crippen molar-refractivity contribution in [1.29, 1.82) is 0 Å². The van der Waals surface area contributed by atoms with Crippen LogP contribution in [0.2, 0.25) is 0 Å². The Bertz CT molecular complexity index is 1070. The predicted molar refractivity (Wildman–Crippen MR) is 117 cm³/mol. The molecule has 2 aromatic rings. The number of hydrogen-bond acceptors (Lipinski definition) is 4. The number of aliphatic carboxylic acids is 1. The summed E-state index contributed by atoms with van der Waals surface area (Å²) in [6, 6.07) is 7.76. The van der Waals surface area contributed by atoms with Crippen LogP contribution in [0.4, 0.5) is 18.9 Å². The van der Waals surface area contributed by atoms with Crippen molar-refractivity contribution in [3.05, 3.63) is 47.3 Å². The van der Waals surface area contributed by atoms with Gasteiger partial charge < -0.3 is 15.7 Å². The minimum Gasteiger partial charge on any atom is -0.480 e. The third kappa shape index (κ3) is 5.75. The average molecular weight is 480 g/mol. The second kappa shape index (κ2) is 9.47. The van der Waals surface area contributed by atoms with E-state index in [-0.39, 0.29) is 23.4 Å². The number of hydrogen-bond donors (Lipinski definition) is 3. The van der Waals surface area contributed by atoms with Gasteiger partial charge in [0.05, 0.1) is 0 Å². The third-order valence-corrected chi connectivity index (χ3v) is 6.11. The number of nitrogens with zero attached hydrogens (tertiary/aromatic N) is 2. The fraction of sp³-hybridized carbons (Fsp3) is 0.478. The van der Waals surface area contributed by atoms with Crippen LogP contribution in [0.1, 0.15) is 67.2 Å². The molecule has 0 bridgehead atoms. The molecule has 1 aliphatic rings. The molecule has 1 saturated carbocycles. The molecule has 1 heterocycles. The molecule has 0 radical (unpaired) electrons. The zero-order valence-electron chi connectivity index (χ0n) is 19.1. The molecule has 8 nitrogen and oxygen atoms in total. The molecule has 2 amide bonds. The molecule has 0 spiro atoms. The van der Waals surface area contributed by atoms with Gasteiger partial charge in [-0.1, -0.05) is 12.1 Å². The van der Waals surface area contributed by atoms with Crippen molar-refractivity contribution in [3.8, 4) is 0 Å². The maximum atomic E-state index is 12.8. The van der Waals surface area contributed by atoms with Gasteiger partial charge in [0.15, 0.2) is 5.69 Å². The van der Waals surface area contributed by atoms with E-state index in [0.29, 0.717) is 24.6 Å². The van der Waals surface area contributed by atoms with Crippen LogP contribution in [0.5, 0.6) is 0 Å². The number of amides is 2. The first-order valence-electron chi connectivity index (χ1n) is 10.9. The summed E-state index contributed by atoms with van der Waals surface area (Å²) in [5, 5.41) is 17.7. The summed E-state index contributed by atoms with van der Waals surface area (Å²) in [6.45, 7) is 2.89. The lowest BCUT2D eigenvalue weighted by atomic mass is 9.78. The first-order chi connectivity index (χ1) is 15.8. The lowest BCUT2D eigenvalue weighted by molar-refractivity contribution is -0.147. The number of aromatic nitrogens is 2. The summed E-state index contributed by atoms with van der Waals surface area (Å²) >= 11 is 0. The number of nitrogens with one attached hydrogen (secondary N) is 2. The van der Waals surface area contributed by atoms with Crippen LogP contribution in [-0.4, -0.2) is 38.2 Å². The number of alkyl halides is 3. The van der Waals surface area contributed by atoms with Gasteiger partial charge in [-0.3, -0.25) is 14.3 Å². The lowest BCUT2D eigenvalue weighted by Gasteiger charge is -2.30. The molecule has 0 unspecified atom stereocenters. The van der Waals surface area contributed by atoms with Crippen molar-refractivity contribution in [2.45, 2.75) is 57.2 Å². The first kappa shape index (κ1) is 25.3. The second-order valence-electron chi connectivity index (χ2n) is 9.08. The Morgan fingerprint density at radius 1 is 1.06 bits per heavy atom. The predicted octanol–water partition coefficient (Wildman–Crippen LogP) is 3.94. The van der Waals surface area contributed by atoms with E-state index in [1.54, 1.807) is 12.1 Å². The Hall–Kier alpha value is -3.37. The van der Waals surface area contributed by atoms with Crippen molar-refractivity contribution >= 4 is 23.5 Å². The second-order valence-corrected chi connectivity index (χ2v) is 9.08. The van der Waals surface area contributed by atoms with E-state index in [2.05, 4.69) is 15.7 Å². The zero-order valence-corrected chi connectivity index (χ0v) is 19.1. The van der Waals surface area contributed by atoms with E-state index >= 15 is 0 Å². The number of carboxylic acid groups (broad SMARTS) is 1. The molecule has 11 heteroatoms. The normalized spacial score (nSPS) is 18.9. The number of halogens is 3. The molecule has 184 valence electrons. The fourth-order valence-electron chi connectivity index (χ4n) is 4.00. The van der Waals surface area contributed by atoms with E-state index in [1.165, 1.54) is 20.9 Å². The Balaban J connectivity index is 1.57. The largest absolute Gasteiger partial charge is 0.480 e. The fourth-order valence-corrected chi connectivity index (χ4v) is 4.00. The number of carbonyl (C=O) groups is 3. The van der Waals surface area contributed by atoms with Crippen LogP contribution in [0.25, 0.3) is 0 Å². The Morgan fingerprint density at radius 2 is 1.65 bits per heavy atom. The summed E-state index contributed by atoms with van der Waals surface area (Å²) in [4.78, 5) is 36.0. The summed E-state index contributed by atoms with van der Waals surface area (Å²) in [6.07, 6.45) is -1.86. The highest BCUT2D eigenvalue weighted by molar-refractivity contribution is 6.03. The minimum atomic E-state index is -4.63. The maximum absolute atomic E-state index is 12.8. The minimum absolute atomic E-state index is 0.209. The molecular weight excluding hydrogens is 453 g/mol. The van der Waals surface area contributed by atoms with Gasteiger partial charge in [-0.25, -0.2) is 4.79 Å². The monoisotopic (exact) mass is 480 g/mol. The quantitative estimate of drug-likeness (QED) is 0.580. The van der Waals surface area contributed by atoms with Gasteiger partial charge in [-0.15, -0.1) is 0 Å². The van der Waals surface area contributed by atoms with Crippen LogP contribution in [0.15, 0.2) is 30.3 Å². The van der Waals surface area contributed by atoms with Crippen LogP contribution >= 0.6 is 0 Å². The van der Waals surface area contributed by atoms with Crippen LogP contribution < -0.4 is 10.6 Å². The number of benzene rings is 1. The van der Waals surface area contributed by atoms with E-state index in [4.69, 9.17) is 0 Å². The van der Waals surface area contributed by atoms with Gasteiger partial charge >= 0.3 is 12.1 Å². The molecule has 1 aliphatic carbocycles. The number of aryl methyl sites for hydroxylation is 1. The summed E-state index contributed by atoms with van der Waals surface area (Å²) < 4.78 is 39.3. The van der Waals surface area contributed by atoms with Gasteiger partial charge in [-0.2, -0.15) is 18.3 Å². The van der Waals surface area contributed by atoms with E-state index in [1.807, 2.05) is 12.1 Å². The molecule has 1 aromatic heterocycles. The number of carboxylic acids is 1. The van der Waals surface area contributed by atoms with Crippen molar-refractivity contribution in [3.63, 3.8) is 0 Å². The molecule has 0 atom stereocenters. The van der Waals surface area contributed by atoms with Gasteiger partial charge in [0.2, 0.25) is 5.91 Å². The van der Waals surface area contributed by atoms with E-state index in [0.717, 1.165) is 23.1 Å². The van der Waals surface area contributed by atoms with Crippen molar-refractivity contribution < 1.29 is 32.7 Å². The van der Waals surface area contributed by atoms with Crippen LogP contribution in [0, 0.1) is 5.92 Å². The molecule has 0 aliphatic heterocycles. The van der Waals surface area contributed by atoms with Crippen LogP contribution in [0.3, 0.4) is 0 Å². The lowest BCUT2D eigenvalue weighted by Crippen LogP contribution is -2.51. The topological polar surface area (TPSA) is 113 Å². The molecule has 3 rings (SSSR count). The molecular formula is C23H27F3N4O4. The Kier molecular flexibility index (Phi) is 7.04. The first-order valence-corrected chi connectivity index (χ1v) is 10.9. The van der Waals surface area contributed by atoms with Crippen LogP contribution in [-0.2, 0) is 22.8 Å². The van der Waals surface area contributed by atoms with E-state index < -0.39 is 29.3 Å². The van der Waals surface area contributed by atoms with E-state index in [9.17, 15) is 32.7 Å². The van der Waals surface area contributed by atoms with Gasteiger partial charge in [-0.05, 0) is 63.1 Å². The molecule has 0 saturated heterocycles. The molecule has 34 heavy (non-hydrogen) atoms. The number of anilines is 1. The standard InChI is InChI=1S/C23H27F3N4O4/c1-22(2,21(33)34)28-19(31)15-6-4-13(5-7-15)14-8-10-16(11-9-14)27-20(32)17-12-18(23(24,25)26)29-30(17)3/h8-13,15H,4-7H2,1-3H3,(H,27,32)(H,28,31)(H,33,34)/t13-,15+. The smallest absolute Gasteiger partial charge is 0.435 e. The van der Waals surface area contributed by atoms with Crippen molar-refractivity contribution in [2.24, 2.45) is 13.0 Å². The Morgan fingerprint density at radius 3 is 2.15 bits per heavy atom. The summed E-state index contributed by atoms with van der Waals surface area (Å²) in [7, 11) is 1.27. The summed E-state index contributed by atoms with van der Waals surface area (Å²) in [5.74, 6) is -2.07. The highest BCUT2D eigenvalue weighted by Gasteiger charge is 2.36. The van der Waals surface area contributed by atoms with Gasteiger partial charge in [0, 0.05) is 24.7 Å². The highest BCUT2D eigenvalue weighted by atomic mass is 19.4. The third-order valence-electron chi connectivity index (χ3n) is 6.11.